The molecule has 1 aliphatic heterocycles. The van der Waals surface area contributed by atoms with Gasteiger partial charge in [-0.1, -0.05) is 6.07 Å². The van der Waals surface area contributed by atoms with Crippen molar-refractivity contribution in [2.45, 2.75) is 26.7 Å². The fourth-order valence-corrected chi connectivity index (χ4v) is 3.06. The van der Waals surface area contributed by atoms with Crippen LogP contribution in [0.5, 0.6) is 0 Å². The highest BCUT2D eigenvalue weighted by Crippen LogP contribution is 2.28. The topological polar surface area (TPSA) is 69.4 Å². The van der Waals surface area contributed by atoms with Gasteiger partial charge < -0.3 is 4.74 Å². The molecule has 1 aliphatic rings. The average Bonchev–Trinajstić information content (AvgIpc) is 3.01. The second kappa shape index (κ2) is 6.84. The maximum Gasteiger partial charge on any atom is 0.339 e. The van der Waals surface area contributed by atoms with Crippen LogP contribution in [-0.2, 0) is 22.4 Å². The zero-order chi connectivity index (χ0) is 18.0. The molecule has 6 heteroatoms. The standard InChI is InChI=1S/C19H20N4O2/c1-12(9-16(11-20-3)19(24)25-4)14-5-7-17-15(10-14)6-8-18-22-21-13(2)23(17)18/h5,7,9-11H,3,6,8H2,1-2,4H3/b12-9+,16-11+. The zero-order valence-electron chi connectivity index (χ0n) is 14.6. The Kier molecular flexibility index (Phi) is 4.61. The largest absolute Gasteiger partial charge is 0.465 e. The second-order valence-corrected chi connectivity index (χ2v) is 5.93. The fourth-order valence-electron chi connectivity index (χ4n) is 3.06. The first-order valence-electron chi connectivity index (χ1n) is 8.02. The van der Waals surface area contributed by atoms with Gasteiger partial charge in [0.2, 0.25) is 0 Å². The van der Waals surface area contributed by atoms with Crippen LogP contribution in [-0.4, -0.2) is 34.6 Å². The summed E-state index contributed by atoms with van der Waals surface area (Å²) in [6.07, 6.45) is 4.96. The summed E-state index contributed by atoms with van der Waals surface area (Å²) in [5.41, 5.74) is 4.73. The normalized spacial score (nSPS) is 13.9. The summed E-state index contributed by atoms with van der Waals surface area (Å²) in [4.78, 5) is 15.5. The third-order valence-electron chi connectivity index (χ3n) is 4.31. The number of allylic oxidation sites excluding steroid dienone is 1. The van der Waals surface area contributed by atoms with E-state index in [1.54, 1.807) is 6.08 Å². The first kappa shape index (κ1) is 16.8. The number of nitrogens with zero attached hydrogens (tertiary/aromatic N) is 4. The van der Waals surface area contributed by atoms with Gasteiger partial charge in [0.05, 0.1) is 18.4 Å². The van der Waals surface area contributed by atoms with E-state index in [9.17, 15) is 4.79 Å². The molecule has 1 aromatic heterocycles. The number of carbonyl (C=O) groups excluding carboxylic acids is 1. The van der Waals surface area contributed by atoms with Gasteiger partial charge in [0.25, 0.3) is 0 Å². The Morgan fingerprint density at radius 2 is 2.16 bits per heavy atom. The van der Waals surface area contributed by atoms with E-state index >= 15 is 0 Å². The first-order chi connectivity index (χ1) is 12.0. The molecule has 25 heavy (non-hydrogen) atoms. The van der Waals surface area contributed by atoms with Gasteiger partial charge in [-0.05, 0) is 61.9 Å². The van der Waals surface area contributed by atoms with Gasteiger partial charge in [-0.3, -0.25) is 9.56 Å². The van der Waals surface area contributed by atoms with Crippen LogP contribution in [0, 0.1) is 6.92 Å². The van der Waals surface area contributed by atoms with Gasteiger partial charge in [0.15, 0.2) is 0 Å². The molecule has 3 rings (SSSR count). The molecule has 0 bridgehead atoms. The number of aryl methyl sites for hydroxylation is 3. The summed E-state index contributed by atoms with van der Waals surface area (Å²) in [6, 6.07) is 6.27. The Hall–Kier alpha value is -3.02. The molecule has 0 radical (unpaired) electrons. The summed E-state index contributed by atoms with van der Waals surface area (Å²) in [5, 5.41) is 8.40. The first-order valence-corrected chi connectivity index (χ1v) is 8.02. The molecule has 0 spiro atoms. The van der Waals surface area contributed by atoms with Crippen molar-refractivity contribution in [1.82, 2.24) is 14.8 Å². The molecule has 2 aromatic rings. The van der Waals surface area contributed by atoms with E-state index in [1.807, 2.05) is 19.9 Å². The third kappa shape index (κ3) is 3.15. The highest BCUT2D eigenvalue weighted by atomic mass is 16.5. The third-order valence-corrected chi connectivity index (χ3v) is 4.31. The summed E-state index contributed by atoms with van der Waals surface area (Å²) >= 11 is 0. The van der Waals surface area contributed by atoms with Crippen LogP contribution in [0.1, 0.15) is 29.7 Å². The van der Waals surface area contributed by atoms with Gasteiger partial charge in [0.1, 0.15) is 11.6 Å². The zero-order valence-corrected chi connectivity index (χ0v) is 14.6. The predicted molar refractivity (Wildman–Crippen MR) is 96.8 cm³/mol. The molecule has 0 amide bonds. The van der Waals surface area contributed by atoms with Crippen LogP contribution in [0.15, 0.2) is 41.0 Å². The number of ether oxygens (including phenoxy) is 1. The molecule has 0 saturated carbocycles. The highest BCUT2D eigenvalue weighted by molar-refractivity contribution is 5.94. The van der Waals surface area contributed by atoms with Crippen LogP contribution in [0.2, 0.25) is 0 Å². The number of aromatic nitrogens is 3. The minimum atomic E-state index is -0.436. The molecule has 2 heterocycles. The monoisotopic (exact) mass is 336 g/mol. The number of esters is 1. The van der Waals surface area contributed by atoms with Crippen molar-refractivity contribution in [3.05, 3.63) is 58.8 Å². The molecule has 1 aromatic carbocycles. The number of fused-ring (bicyclic) bond motifs is 3. The highest BCUT2D eigenvalue weighted by Gasteiger charge is 2.20. The van der Waals surface area contributed by atoms with E-state index in [0.717, 1.165) is 41.3 Å². The number of hydrogen-bond acceptors (Lipinski definition) is 5. The molecule has 0 saturated heterocycles. The molecule has 128 valence electrons. The van der Waals surface area contributed by atoms with Crippen molar-refractivity contribution in [2.75, 3.05) is 7.11 Å². The lowest BCUT2D eigenvalue weighted by Gasteiger charge is -2.20. The van der Waals surface area contributed by atoms with Crippen LogP contribution >= 0.6 is 0 Å². The van der Waals surface area contributed by atoms with E-state index in [-0.39, 0.29) is 0 Å². The van der Waals surface area contributed by atoms with Crippen LogP contribution in [0.4, 0.5) is 0 Å². The number of carbonyl (C=O) groups is 1. The summed E-state index contributed by atoms with van der Waals surface area (Å²) in [5.74, 6) is 1.45. The Bertz CT molecular complexity index is 906. The van der Waals surface area contributed by atoms with E-state index in [1.165, 1.54) is 18.9 Å². The van der Waals surface area contributed by atoms with Gasteiger partial charge in [-0.15, -0.1) is 10.2 Å². The van der Waals surface area contributed by atoms with E-state index < -0.39 is 5.97 Å². The number of hydrogen-bond donors (Lipinski definition) is 0. The minimum absolute atomic E-state index is 0.365. The molecular formula is C19H20N4O2. The number of benzene rings is 1. The van der Waals surface area contributed by atoms with Gasteiger partial charge in [0, 0.05) is 12.6 Å². The van der Waals surface area contributed by atoms with Crippen LogP contribution < -0.4 is 0 Å². The molecule has 0 unspecified atom stereocenters. The lowest BCUT2D eigenvalue weighted by molar-refractivity contribution is -0.135. The fraction of sp³-hybridized carbons (Fsp3) is 0.263. The minimum Gasteiger partial charge on any atom is -0.465 e. The molecular weight excluding hydrogens is 316 g/mol. The van der Waals surface area contributed by atoms with Gasteiger partial charge in [-0.2, -0.15) is 0 Å². The number of rotatable bonds is 4. The van der Waals surface area contributed by atoms with Crippen LogP contribution in [0.25, 0.3) is 11.3 Å². The maximum atomic E-state index is 11.8. The van der Waals surface area contributed by atoms with Crippen LogP contribution in [0.3, 0.4) is 0 Å². The Labute approximate surface area is 146 Å². The summed E-state index contributed by atoms with van der Waals surface area (Å²) < 4.78 is 6.88. The molecule has 0 N–H and O–H groups in total. The number of methoxy groups -OCH3 is 1. The quantitative estimate of drug-likeness (QED) is 0.373. The lowest BCUT2D eigenvalue weighted by Crippen LogP contribution is -2.13. The van der Waals surface area contributed by atoms with Crippen molar-refractivity contribution in [3.8, 4) is 5.69 Å². The van der Waals surface area contributed by atoms with Crippen molar-refractivity contribution in [1.29, 1.82) is 0 Å². The summed E-state index contributed by atoms with van der Waals surface area (Å²) in [6.45, 7) is 7.32. The average molecular weight is 336 g/mol. The SMILES string of the molecule is C=N/C=C(\C=C(/C)c1ccc2c(c1)CCc1nnc(C)n1-2)C(=O)OC. The van der Waals surface area contributed by atoms with E-state index in [0.29, 0.717) is 5.57 Å². The molecule has 0 aliphatic carbocycles. The molecule has 0 atom stereocenters. The second-order valence-electron chi connectivity index (χ2n) is 5.93. The van der Waals surface area contributed by atoms with Gasteiger partial charge >= 0.3 is 5.97 Å². The van der Waals surface area contributed by atoms with Crippen molar-refractivity contribution in [3.63, 3.8) is 0 Å². The van der Waals surface area contributed by atoms with E-state index in [2.05, 4.69) is 38.6 Å². The van der Waals surface area contributed by atoms with Crippen molar-refractivity contribution >= 4 is 18.3 Å². The Morgan fingerprint density at radius 3 is 2.88 bits per heavy atom. The smallest absolute Gasteiger partial charge is 0.339 e. The predicted octanol–water partition coefficient (Wildman–Crippen LogP) is 2.84. The Balaban J connectivity index is 1.99. The van der Waals surface area contributed by atoms with Crippen molar-refractivity contribution < 1.29 is 9.53 Å². The lowest BCUT2D eigenvalue weighted by atomic mass is 9.96. The summed E-state index contributed by atoms with van der Waals surface area (Å²) in [7, 11) is 1.35. The van der Waals surface area contributed by atoms with Gasteiger partial charge in [-0.25, -0.2) is 4.79 Å². The van der Waals surface area contributed by atoms with E-state index in [4.69, 9.17) is 4.74 Å². The number of aliphatic imine (C=N–C) groups is 1. The molecule has 0 fully saturated rings. The molecule has 6 nitrogen and oxygen atoms in total. The Morgan fingerprint density at radius 1 is 1.36 bits per heavy atom. The maximum absolute atomic E-state index is 11.8. The van der Waals surface area contributed by atoms with Crippen molar-refractivity contribution in [2.24, 2.45) is 4.99 Å².